The van der Waals surface area contributed by atoms with E-state index in [4.69, 9.17) is 5.73 Å². The molecule has 0 radical (unpaired) electrons. The fraction of sp³-hybridized carbons (Fsp3) is 0. The van der Waals surface area contributed by atoms with E-state index >= 15 is 0 Å². The van der Waals surface area contributed by atoms with Gasteiger partial charge in [0, 0.05) is 1.43 Å². The van der Waals surface area contributed by atoms with Gasteiger partial charge in [0.1, 0.15) is 0 Å². The lowest BCUT2D eigenvalue weighted by molar-refractivity contribution is 0.551. The van der Waals surface area contributed by atoms with E-state index in [0.29, 0.717) is 0 Å². The molecule has 64 valence electrons. The number of fused-ring (bicyclic) bond motifs is 1. The number of nitrogen functional groups attached to an aromatic ring is 1. The van der Waals surface area contributed by atoms with Gasteiger partial charge < -0.3 is 10.2 Å². The fourth-order valence-electron chi connectivity index (χ4n) is 0.874. The van der Waals surface area contributed by atoms with Crippen LogP contribution in [0.25, 0.3) is 11.2 Å². The van der Waals surface area contributed by atoms with Crippen LogP contribution in [0, 0.1) is 0 Å². The smallest absolute Gasteiger partial charge is 0.400 e. The molecule has 2 aromatic heterocycles. The first-order valence-corrected chi connectivity index (χ1v) is 3.05. The van der Waals surface area contributed by atoms with Gasteiger partial charge in [0.15, 0.2) is 5.65 Å². The molecule has 12 heavy (non-hydrogen) atoms. The second-order valence-electron chi connectivity index (χ2n) is 2.14. The molecule has 0 bridgehead atoms. The van der Waals surface area contributed by atoms with Gasteiger partial charge in [-0.25, -0.2) is 4.79 Å². The Labute approximate surface area is 65.7 Å². The number of aromatic amines is 2. The molecule has 0 saturated heterocycles. The first-order chi connectivity index (χ1) is 5.66. The molecule has 0 spiro atoms. The van der Waals surface area contributed by atoms with Crippen molar-refractivity contribution in [2.75, 3.05) is 5.73 Å². The zero-order chi connectivity index (χ0) is 8.72. The summed E-state index contributed by atoms with van der Waals surface area (Å²) in [5.41, 5.74) is 4.54. The lowest BCUT2D eigenvalue weighted by Gasteiger charge is -1.88. The van der Waals surface area contributed by atoms with Gasteiger partial charge >= 0.3 is 5.76 Å². The van der Waals surface area contributed by atoms with E-state index in [1.54, 1.807) is 0 Å². The zero-order valence-corrected chi connectivity index (χ0v) is 5.75. The minimum atomic E-state index is -0.728. The van der Waals surface area contributed by atoms with E-state index in [1.807, 2.05) is 0 Å². The molecule has 2 aromatic rings. The summed E-state index contributed by atoms with van der Waals surface area (Å²) in [6, 6.07) is 0. The van der Waals surface area contributed by atoms with Gasteiger partial charge in [0.2, 0.25) is 11.5 Å². The van der Waals surface area contributed by atoms with E-state index in [0.717, 1.165) is 0 Å². The lowest BCUT2D eigenvalue weighted by Crippen LogP contribution is -2.09. The molecule has 4 N–H and O–H groups in total. The molecule has 0 atom stereocenters. The average molecular weight is 170 g/mol. The first kappa shape index (κ1) is 6.65. The highest BCUT2D eigenvalue weighted by molar-refractivity contribution is 5.66. The fourth-order valence-corrected chi connectivity index (χ4v) is 0.874. The van der Waals surface area contributed by atoms with Crippen molar-refractivity contribution in [2.24, 2.45) is 0 Å². The Bertz CT molecular complexity index is 538. The Kier molecular flexibility index (Phi) is 1.09. The number of nitrogens with two attached hydrogens (primary N) is 1. The molecule has 2 heterocycles. The number of hydrogen-bond acceptors (Lipinski definition) is 5. The van der Waals surface area contributed by atoms with Crippen LogP contribution in [0.15, 0.2) is 14.0 Å². The van der Waals surface area contributed by atoms with Crippen LogP contribution >= 0.6 is 0 Å². The normalized spacial score (nSPS) is 10.7. The number of nitrogens with one attached hydrogen (secondary N) is 2. The number of rotatable bonds is 0. The Morgan fingerprint density at radius 1 is 1.42 bits per heavy atom. The van der Waals surface area contributed by atoms with Crippen molar-refractivity contribution in [2.45, 2.75) is 0 Å². The van der Waals surface area contributed by atoms with Crippen LogP contribution in [-0.2, 0) is 0 Å². The number of nitrogens with zero attached hydrogens (tertiary/aromatic N) is 1. The predicted octanol–water partition coefficient (Wildman–Crippen LogP) is -0.967. The molecule has 0 saturated carbocycles. The van der Waals surface area contributed by atoms with Gasteiger partial charge in [-0.05, 0) is 0 Å². The van der Waals surface area contributed by atoms with Gasteiger partial charge in [-0.1, -0.05) is 0 Å². The second-order valence-corrected chi connectivity index (χ2v) is 2.14. The lowest BCUT2D eigenvalue weighted by atomic mass is 10.6. The minimum Gasteiger partial charge on any atom is -0.400 e. The number of anilines is 1. The molecule has 0 aromatic carbocycles. The first-order valence-electron chi connectivity index (χ1n) is 3.05. The van der Waals surface area contributed by atoms with Crippen molar-refractivity contribution in [3.63, 3.8) is 0 Å². The maximum Gasteiger partial charge on any atom is 0.418 e. The minimum absolute atomic E-state index is 0. The maximum atomic E-state index is 11.0. The van der Waals surface area contributed by atoms with E-state index in [-0.39, 0.29) is 18.6 Å². The SMILES string of the molecule is Nc1nc2[nH]c(=O)oc2c(=O)[nH]1.[HH]. The van der Waals surface area contributed by atoms with E-state index in [1.165, 1.54) is 0 Å². The summed E-state index contributed by atoms with van der Waals surface area (Å²) in [6.45, 7) is 0. The van der Waals surface area contributed by atoms with Gasteiger partial charge in [-0.3, -0.25) is 14.8 Å². The largest absolute Gasteiger partial charge is 0.418 e. The summed E-state index contributed by atoms with van der Waals surface area (Å²) in [4.78, 5) is 29.6. The van der Waals surface area contributed by atoms with Crippen LogP contribution in [0.4, 0.5) is 5.95 Å². The highest BCUT2D eigenvalue weighted by atomic mass is 16.4. The predicted molar refractivity (Wildman–Crippen MR) is 41.8 cm³/mol. The molecule has 7 nitrogen and oxygen atoms in total. The van der Waals surface area contributed by atoms with E-state index in [9.17, 15) is 9.59 Å². The van der Waals surface area contributed by atoms with Gasteiger partial charge in [-0.2, -0.15) is 4.98 Å². The number of oxazole rings is 1. The average Bonchev–Trinajstić information content (AvgIpc) is 2.29. The summed E-state index contributed by atoms with van der Waals surface area (Å²) in [5.74, 6) is -0.793. The third kappa shape index (κ3) is 0.797. The van der Waals surface area contributed by atoms with Gasteiger partial charge in [-0.15, -0.1) is 0 Å². The molecule has 0 aliphatic carbocycles. The molecule has 0 aliphatic heterocycles. The summed E-state index contributed by atoms with van der Waals surface area (Å²) >= 11 is 0. The van der Waals surface area contributed by atoms with E-state index < -0.39 is 11.3 Å². The van der Waals surface area contributed by atoms with Crippen molar-refractivity contribution in [3.8, 4) is 0 Å². The molecular formula is C5H6N4O3. The third-order valence-electron chi connectivity index (χ3n) is 1.31. The Hall–Kier alpha value is -2.05. The van der Waals surface area contributed by atoms with Crippen molar-refractivity contribution in [3.05, 3.63) is 20.9 Å². The van der Waals surface area contributed by atoms with Crippen LogP contribution in [0.2, 0.25) is 0 Å². The molecule has 0 fully saturated rings. The Morgan fingerprint density at radius 3 is 2.92 bits per heavy atom. The van der Waals surface area contributed by atoms with Crippen LogP contribution in [0.3, 0.4) is 0 Å². The summed E-state index contributed by atoms with van der Waals surface area (Å²) in [6.07, 6.45) is 0. The number of H-pyrrole nitrogens is 2. The number of hydrogen-bond donors (Lipinski definition) is 3. The Morgan fingerprint density at radius 2 is 2.17 bits per heavy atom. The van der Waals surface area contributed by atoms with Crippen molar-refractivity contribution in [1.82, 2.24) is 15.0 Å². The topological polar surface area (TPSA) is 118 Å². The van der Waals surface area contributed by atoms with Gasteiger partial charge in [0.25, 0.3) is 5.56 Å². The summed E-state index contributed by atoms with van der Waals surface area (Å²) in [5, 5.41) is 0. The van der Waals surface area contributed by atoms with Crippen LogP contribution in [0.5, 0.6) is 0 Å². The highest BCUT2D eigenvalue weighted by Crippen LogP contribution is 1.99. The van der Waals surface area contributed by atoms with Crippen LogP contribution in [-0.4, -0.2) is 15.0 Å². The maximum absolute atomic E-state index is 11.0. The summed E-state index contributed by atoms with van der Waals surface area (Å²) < 4.78 is 4.48. The molecular weight excluding hydrogens is 164 g/mol. The molecule has 0 amide bonds. The summed E-state index contributed by atoms with van der Waals surface area (Å²) in [7, 11) is 0. The number of aromatic nitrogens is 3. The molecule has 2 rings (SSSR count). The second kappa shape index (κ2) is 1.97. The van der Waals surface area contributed by atoms with Crippen molar-refractivity contribution < 1.29 is 5.84 Å². The van der Waals surface area contributed by atoms with E-state index in [2.05, 4.69) is 19.4 Å². The quantitative estimate of drug-likeness (QED) is 0.470. The Balaban J connectivity index is 0.000000845. The van der Waals surface area contributed by atoms with Gasteiger partial charge in [0.05, 0.1) is 0 Å². The monoisotopic (exact) mass is 170 g/mol. The van der Waals surface area contributed by atoms with Crippen LogP contribution in [0.1, 0.15) is 1.43 Å². The standard InChI is InChI=1S/C5H4N4O3.H2/c6-4-7-2-1(3(10)9-4)12-5(11)8-2;/h(H4,6,7,8,9,10,11);1H. The molecule has 0 unspecified atom stereocenters. The van der Waals surface area contributed by atoms with Crippen LogP contribution < -0.4 is 17.0 Å². The van der Waals surface area contributed by atoms with Crippen molar-refractivity contribution >= 4 is 17.2 Å². The zero-order valence-electron chi connectivity index (χ0n) is 5.75. The molecule has 0 aliphatic rings. The van der Waals surface area contributed by atoms with Crippen molar-refractivity contribution in [1.29, 1.82) is 0 Å². The highest BCUT2D eigenvalue weighted by Gasteiger charge is 2.06. The third-order valence-corrected chi connectivity index (χ3v) is 1.31. The molecule has 7 heteroatoms.